The highest BCUT2D eigenvalue weighted by molar-refractivity contribution is 9.09. The molecule has 1 aromatic rings. The Balaban J connectivity index is 1.93. The van der Waals surface area contributed by atoms with Crippen LogP contribution in [-0.4, -0.2) is 22.9 Å². The standard InChI is InChI=1S/C17H16BrFO4/c18-10-13-14(16(21)22-12-6-4-5-11(19)9-12)17(23-15(13)20)7-2-1-3-8-17/h4-6,9H,1-3,7-8,10H2. The highest BCUT2D eigenvalue weighted by Crippen LogP contribution is 2.44. The fraction of sp³-hybridized carbons (Fsp3) is 0.412. The molecule has 0 aromatic heterocycles. The maximum absolute atomic E-state index is 13.3. The second-order valence-electron chi connectivity index (χ2n) is 5.78. The number of carbonyl (C=O) groups excluding carboxylic acids is 2. The van der Waals surface area contributed by atoms with Crippen molar-refractivity contribution in [2.24, 2.45) is 0 Å². The van der Waals surface area contributed by atoms with E-state index in [-0.39, 0.29) is 16.7 Å². The first kappa shape index (κ1) is 16.2. The molecular formula is C17H16BrFO4. The minimum absolute atomic E-state index is 0.113. The molecule has 0 unspecified atom stereocenters. The fourth-order valence-corrected chi connectivity index (χ4v) is 3.77. The first-order valence-corrected chi connectivity index (χ1v) is 8.68. The Morgan fingerprint density at radius 3 is 2.70 bits per heavy atom. The number of halogens is 2. The molecule has 23 heavy (non-hydrogen) atoms. The highest BCUT2D eigenvalue weighted by Gasteiger charge is 2.51. The van der Waals surface area contributed by atoms with Crippen LogP contribution in [0.5, 0.6) is 5.75 Å². The first-order valence-electron chi connectivity index (χ1n) is 7.56. The summed E-state index contributed by atoms with van der Waals surface area (Å²) in [5.41, 5.74) is -0.306. The van der Waals surface area contributed by atoms with E-state index in [9.17, 15) is 14.0 Å². The van der Waals surface area contributed by atoms with E-state index < -0.39 is 23.4 Å². The number of esters is 2. The van der Waals surface area contributed by atoms with Crippen LogP contribution in [-0.2, 0) is 14.3 Å². The van der Waals surface area contributed by atoms with E-state index in [0.717, 1.165) is 25.3 Å². The van der Waals surface area contributed by atoms with Crippen LogP contribution in [0.3, 0.4) is 0 Å². The molecule has 1 fully saturated rings. The summed E-state index contributed by atoms with van der Waals surface area (Å²) in [7, 11) is 0. The Kier molecular flexibility index (Phi) is 4.53. The second-order valence-corrected chi connectivity index (χ2v) is 6.34. The number of benzene rings is 1. The number of alkyl halides is 1. The molecule has 1 aromatic carbocycles. The van der Waals surface area contributed by atoms with Crippen LogP contribution in [0.1, 0.15) is 32.1 Å². The van der Waals surface area contributed by atoms with Crippen molar-refractivity contribution in [3.63, 3.8) is 0 Å². The van der Waals surface area contributed by atoms with E-state index in [1.807, 2.05) is 0 Å². The molecule has 1 aliphatic carbocycles. The molecule has 6 heteroatoms. The molecule has 2 aliphatic rings. The monoisotopic (exact) mass is 382 g/mol. The molecule has 4 nitrogen and oxygen atoms in total. The van der Waals surface area contributed by atoms with E-state index in [1.165, 1.54) is 18.2 Å². The summed E-state index contributed by atoms with van der Waals surface area (Å²) in [6, 6.07) is 5.37. The molecule has 1 heterocycles. The van der Waals surface area contributed by atoms with Gasteiger partial charge in [0.05, 0.1) is 11.1 Å². The Morgan fingerprint density at radius 1 is 1.30 bits per heavy atom. The van der Waals surface area contributed by atoms with Crippen LogP contribution in [0.15, 0.2) is 35.4 Å². The average molecular weight is 383 g/mol. The molecule has 1 aliphatic heterocycles. The lowest BCUT2D eigenvalue weighted by Gasteiger charge is -2.33. The Morgan fingerprint density at radius 2 is 2.04 bits per heavy atom. The maximum Gasteiger partial charge on any atom is 0.344 e. The van der Waals surface area contributed by atoms with Gasteiger partial charge >= 0.3 is 11.9 Å². The summed E-state index contributed by atoms with van der Waals surface area (Å²) in [6.45, 7) is 0. The van der Waals surface area contributed by atoms with Gasteiger partial charge in [-0.1, -0.05) is 28.4 Å². The van der Waals surface area contributed by atoms with Crippen LogP contribution in [0.25, 0.3) is 0 Å². The largest absolute Gasteiger partial charge is 0.450 e. The van der Waals surface area contributed by atoms with Crippen molar-refractivity contribution >= 4 is 27.9 Å². The third-order valence-electron chi connectivity index (χ3n) is 4.30. The van der Waals surface area contributed by atoms with E-state index in [2.05, 4.69) is 15.9 Å². The topological polar surface area (TPSA) is 52.6 Å². The van der Waals surface area contributed by atoms with Gasteiger partial charge in [0.1, 0.15) is 17.2 Å². The van der Waals surface area contributed by atoms with Crippen molar-refractivity contribution < 1.29 is 23.5 Å². The normalized spacial score (nSPS) is 19.8. The third-order valence-corrected chi connectivity index (χ3v) is 4.86. The van der Waals surface area contributed by atoms with Gasteiger partial charge in [-0.3, -0.25) is 0 Å². The lowest BCUT2D eigenvalue weighted by molar-refractivity contribution is -0.150. The Hall–Kier alpha value is -1.69. The van der Waals surface area contributed by atoms with Gasteiger partial charge in [0, 0.05) is 11.4 Å². The number of hydrogen-bond acceptors (Lipinski definition) is 4. The number of rotatable bonds is 3. The molecule has 3 rings (SSSR count). The highest BCUT2D eigenvalue weighted by atomic mass is 79.9. The zero-order valence-electron chi connectivity index (χ0n) is 12.4. The third kappa shape index (κ3) is 3.04. The van der Waals surface area contributed by atoms with Crippen molar-refractivity contribution in [1.29, 1.82) is 0 Å². The smallest absolute Gasteiger partial charge is 0.344 e. The molecule has 0 amide bonds. The van der Waals surface area contributed by atoms with Crippen LogP contribution < -0.4 is 4.74 Å². The van der Waals surface area contributed by atoms with Crippen LogP contribution >= 0.6 is 15.9 Å². The zero-order valence-corrected chi connectivity index (χ0v) is 14.0. The van der Waals surface area contributed by atoms with Gasteiger partial charge in [-0.2, -0.15) is 0 Å². The molecule has 1 spiro atoms. The fourth-order valence-electron chi connectivity index (χ4n) is 3.26. The predicted molar refractivity (Wildman–Crippen MR) is 84.8 cm³/mol. The summed E-state index contributed by atoms with van der Waals surface area (Å²) >= 11 is 3.25. The Bertz CT molecular complexity index is 677. The van der Waals surface area contributed by atoms with Crippen LogP contribution in [0, 0.1) is 5.82 Å². The van der Waals surface area contributed by atoms with Crippen molar-refractivity contribution in [3.05, 3.63) is 41.2 Å². The number of carbonyl (C=O) groups is 2. The van der Waals surface area contributed by atoms with Gasteiger partial charge in [0.2, 0.25) is 0 Å². The second kappa shape index (κ2) is 6.43. The molecular weight excluding hydrogens is 367 g/mol. The Labute approximate surface area is 141 Å². The van der Waals surface area contributed by atoms with Gasteiger partial charge in [-0.15, -0.1) is 0 Å². The summed E-state index contributed by atoms with van der Waals surface area (Å²) in [5.74, 6) is -1.49. The lowest BCUT2D eigenvalue weighted by atomic mass is 9.79. The zero-order chi connectivity index (χ0) is 16.4. The van der Waals surface area contributed by atoms with Crippen molar-refractivity contribution in [1.82, 2.24) is 0 Å². The van der Waals surface area contributed by atoms with Crippen LogP contribution in [0.4, 0.5) is 4.39 Å². The van der Waals surface area contributed by atoms with E-state index in [4.69, 9.17) is 9.47 Å². The van der Waals surface area contributed by atoms with Gasteiger partial charge in [-0.25, -0.2) is 14.0 Å². The number of hydrogen-bond donors (Lipinski definition) is 0. The van der Waals surface area contributed by atoms with Crippen molar-refractivity contribution in [2.45, 2.75) is 37.7 Å². The molecule has 0 atom stereocenters. The maximum atomic E-state index is 13.3. The van der Waals surface area contributed by atoms with E-state index in [0.29, 0.717) is 18.4 Å². The SMILES string of the molecule is O=C1OC2(CCCCC2)C(C(=O)Oc2cccc(F)c2)=C1CBr. The van der Waals surface area contributed by atoms with Gasteiger partial charge < -0.3 is 9.47 Å². The quantitative estimate of drug-likeness (QED) is 0.454. The first-order chi connectivity index (χ1) is 11.1. The average Bonchev–Trinajstić information content (AvgIpc) is 2.79. The molecule has 0 radical (unpaired) electrons. The lowest BCUT2D eigenvalue weighted by Crippen LogP contribution is -2.38. The van der Waals surface area contributed by atoms with E-state index >= 15 is 0 Å². The molecule has 0 saturated heterocycles. The molecule has 1 saturated carbocycles. The summed E-state index contributed by atoms with van der Waals surface area (Å²) < 4.78 is 24.1. The van der Waals surface area contributed by atoms with Crippen molar-refractivity contribution in [2.75, 3.05) is 5.33 Å². The predicted octanol–water partition coefficient (Wildman–Crippen LogP) is 3.68. The number of ether oxygens (including phenoxy) is 2. The van der Waals surface area contributed by atoms with Crippen LogP contribution in [0.2, 0.25) is 0 Å². The summed E-state index contributed by atoms with van der Waals surface area (Å²) in [4.78, 5) is 24.8. The molecule has 0 bridgehead atoms. The van der Waals surface area contributed by atoms with Gasteiger partial charge in [0.25, 0.3) is 0 Å². The summed E-state index contributed by atoms with van der Waals surface area (Å²) in [5, 5.41) is 0.223. The van der Waals surface area contributed by atoms with E-state index in [1.54, 1.807) is 0 Å². The van der Waals surface area contributed by atoms with Crippen molar-refractivity contribution in [3.8, 4) is 5.75 Å². The van der Waals surface area contributed by atoms with Gasteiger partial charge in [-0.05, 0) is 37.8 Å². The minimum Gasteiger partial charge on any atom is -0.450 e. The molecule has 122 valence electrons. The molecule has 0 N–H and O–H groups in total. The minimum atomic E-state index is -0.886. The summed E-state index contributed by atoms with van der Waals surface area (Å²) in [6.07, 6.45) is 4.06. The van der Waals surface area contributed by atoms with Gasteiger partial charge in [0.15, 0.2) is 0 Å².